The number of amides is 1. The van der Waals surface area contributed by atoms with Crippen molar-refractivity contribution in [2.24, 2.45) is 0 Å². The molecule has 0 unspecified atom stereocenters. The summed E-state index contributed by atoms with van der Waals surface area (Å²) < 4.78 is 11.0. The standard InChI is InChI=1S/C17H20N2O3/c1-4-9-19(10-5-2)17(20)13-22-15-8-7-14(12-18)11-16(15)21-6-3/h4-5,7-8,11H,1-2,6,9-10,13H2,3H3. The summed E-state index contributed by atoms with van der Waals surface area (Å²) in [7, 11) is 0. The van der Waals surface area contributed by atoms with Crippen LogP contribution in [-0.4, -0.2) is 37.1 Å². The largest absolute Gasteiger partial charge is 0.490 e. The topological polar surface area (TPSA) is 62.6 Å². The van der Waals surface area contributed by atoms with Gasteiger partial charge in [-0.1, -0.05) is 12.2 Å². The van der Waals surface area contributed by atoms with Crippen LogP contribution in [-0.2, 0) is 4.79 Å². The lowest BCUT2D eigenvalue weighted by molar-refractivity contribution is -0.132. The van der Waals surface area contributed by atoms with Gasteiger partial charge in [0.25, 0.3) is 5.91 Å². The van der Waals surface area contributed by atoms with Crippen molar-refractivity contribution in [1.29, 1.82) is 5.26 Å². The number of carbonyl (C=O) groups is 1. The minimum Gasteiger partial charge on any atom is -0.490 e. The third kappa shape index (κ3) is 4.98. The Morgan fingerprint density at radius 2 is 1.95 bits per heavy atom. The van der Waals surface area contributed by atoms with Crippen molar-refractivity contribution in [1.82, 2.24) is 4.90 Å². The molecule has 0 spiro atoms. The van der Waals surface area contributed by atoms with Gasteiger partial charge in [-0.25, -0.2) is 0 Å². The molecule has 0 radical (unpaired) electrons. The minimum atomic E-state index is -0.174. The molecular formula is C17H20N2O3. The molecule has 0 heterocycles. The predicted octanol–water partition coefficient (Wildman–Crippen LogP) is 2.54. The van der Waals surface area contributed by atoms with E-state index < -0.39 is 0 Å². The van der Waals surface area contributed by atoms with E-state index in [2.05, 4.69) is 13.2 Å². The predicted molar refractivity (Wildman–Crippen MR) is 84.8 cm³/mol. The number of nitrogens with zero attached hydrogens (tertiary/aromatic N) is 2. The number of hydrogen-bond acceptors (Lipinski definition) is 4. The highest BCUT2D eigenvalue weighted by Gasteiger charge is 2.13. The second-order valence-corrected chi connectivity index (χ2v) is 4.37. The van der Waals surface area contributed by atoms with E-state index in [-0.39, 0.29) is 12.5 Å². The van der Waals surface area contributed by atoms with Crippen molar-refractivity contribution in [2.45, 2.75) is 6.92 Å². The SMILES string of the molecule is C=CCN(CC=C)C(=O)COc1ccc(C#N)cc1OCC. The van der Waals surface area contributed by atoms with E-state index in [1.807, 2.05) is 13.0 Å². The molecule has 22 heavy (non-hydrogen) atoms. The maximum Gasteiger partial charge on any atom is 0.261 e. The van der Waals surface area contributed by atoms with Crippen molar-refractivity contribution < 1.29 is 14.3 Å². The van der Waals surface area contributed by atoms with Gasteiger partial charge in [-0.2, -0.15) is 5.26 Å². The smallest absolute Gasteiger partial charge is 0.261 e. The van der Waals surface area contributed by atoms with Crippen LogP contribution in [0.15, 0.2) is 43.5 Å². The van der Waals surface area contributed by atoms with E-state index in [1.54, 1.807) is 35.3 Å². The fraction of sp³-hybridized carbons (Fsp3) is 0.294. The molecule has 5 nitrogen and oxygen atoms in total. The van der Waals surface area contributed by atoms with Crippen molar-refractivity contribution in [3.05, 3.63) is 49.1 Å². The van der Waals surface area contributed by atoms with Crippen LogP contribution in [0.1, 0.15) is 12.5 Å². The van der Waals surface area contributed by atoms with Gasteiger partial charge in [0, 0.05) is 19.2 Å². The molecule has 1 aromatic rings. The van der Waals surface area contributed by atoms with Gasteiger partial charge in [0.1, 0.15) is 0 Å². The van der Waals surface area contributed by atoms with Gasteiger partial charge < -0.3 is 14.4 Å². The molecule has 0 aliphatic heterocycles. The monoisotopic (exact) mass is 300 g/mol. The summed E-state index contributed by atoms with van der Waals surface area (Å²) in [6, 6.07) is 6.87. The molecule has 0 saturated heterocycles. The van der Waals surface area contributed by atoms with Gasteiger partial charge in [0.2, 0.25) is 0 Å². The van der Waals surface area contributed by atoms with Crippen LogP contribution < -0.4 is 9.47 Å². The zero-order valence-electron chi connectivity index (χ0n) is 12.7. The molecule has 0 fully saturated rings. The van der Waals surface area contributed by atoms with Crippen LogP contribution >= 0.6 is 0 Å². The Labute approximate surface area is 131 Å². The summed E-state index contributed by atoms with van der Waals surface area (Å²) in [5, 5.41) is 8.90. The minimum absolute atomic E-state index is 0.117. The van der Waals surface area contributed by atoms with Crippen molar-refractivity contribution in [2.75, 3.05) is 26.3 Å². The molecule has 0 aliphatic rings. The average molecular weight is 300 g/mol. The van der Waals surface area contributed by atoms with E-state index in [9.17, 15) is 4.79 Å². The fourth-order valence-electron chi connectivity index (χ4n) is 1.79. The summed E-state index contributed by atoms with van der Waals surface area (Å²) in [4.78, 5) is 13.7. The van der Waals surface area contributed by atoms with E-state index in [4.69, 9.17) is 14.7 Å². The third-order valence-electron chi connectivity index (χ3n) is 2.78. The summed E-state index contributed by atoms with van der Waals surface area (Å²) in [6.45, 7) is 10.3. The normalized spacial score (nSPS) is 9.45. The van der Waals surface area contributed by atoms with Crippen molar-refractivity contribution in [3.8, 4) is 17.6 Å². The van der Waals surface area contributed by atoms with Gasteiger partial charge in [-0.05, 0) is 19.1 Å². The zero-order valence-corrected chi connectivity index (χ0v) is 12.7. The van der Waals surface area contributed by atoms with E-state index in [0.717, 1.165) is 0 Å². The molecule has 1 rings (SSSR count). The lowest BCUT2D eigenvalue weighted by Gasteiger charge is -2.20. The number of benzene rings is 1. The first-order chi connectivity index (χ1) is 10.7. The molecule has 0 aliphatic carbocycles. The van der Waals surface area contributed by atoms with Gasteiger partial charge in [0.15, 0.2) is 18.1 Å². The number of hydrogen-bond donors (Lipinski definition) is 0. The molecule has 0 N–H and O–H groups in total. The third-order valence-corrected chi connectivity index (χ3v) is 2.78. The van der Waals surface area contributed by atoms with Crippen molar-refractivity contribution >= 4 is 5.91 Å². The Hall–Kier alpha value is -2.74. The summed E-state index contributed by atoms with van der Waals surface area (Å²) in [5.41, 5.74) is 0.474. The van der Waals surface area contributed by atoms with Gasteiger partial charge >= 0.3 is 0 Å². The summed E-state index contributed by atoms with van der Waals surface area (Å²) in [5.74, 6) is 0.714. The van der Waals surface area contributed by atoms with Crippen LogP contribution in [0.4, 0.5) is 0 Å². The molecule has 0 atom stereocenters. The summed E-state index contributed by atoms with van der Waals surface area (Å²) in [6.07, 6.45) is 3.30. The molecule has 116 valence electrons. The quantitative estimate of drug-likeness (QED) is 0.657. The second kappa shape index (κ2) is 9.24. The highest BCUT2D eigenvalue weighted by molar-refractivity contribution is 5.78. The number of nitriles is 1. The Kier molecular flexibility index (Phi) is 7.27. The second-order valence-electron chi connectivity index (χ2n) is 4.37. The molecule has 1 amide bonds. The average Bonchev–Trinajstić information content (AvgIpc) is 2.53. The first kappa shape index (κ1) is 17.3. The first-order valence-corrected chi connectivity index (χ1v) is 6.95. The number of carbonyl (C=O) groups excluding carboxylic acids is 1. The van der Waals surface area contributed by atoms with Crippen LogP contribution in [0.5, 0.6) is 11.5 Å². The van der Waals surface area contributed by atoms with Gasteiger partial charge in [0.05, 0.1) is 18.2 Å². The van der Waals surface area contributed by atoms with Crippen LogP contribution in [0.25, 0.3) is 0 Å². The van der Waals surface area contributed by atoms with E-state index in [0.29, 0.717) is 36.8 Å². The maximum atomic E-state index is 12.1. The Morgan fingerprint density at radius 3 is 2.50 bits per heavy atom. The van der Waals surface area contributed by atoms with E-state index in [1.165, 1.54) is 0 Å². The molecule has 1 aromatic carbocycles. The number of ether oxygens (including phenoxy) is 2. The Morgan fingerprint density at radius 1 is 1.27 bits per heavy atom. The number of rotatable bonds is 9. The summed E-state index contributed by atoms with van der Waals surface area (Å²) >= 11 is 0. The Balaban J connectivity index is 2.77. The van der Waals surface area contributed by atoms with E-state index >= 15 is 0 Å². The van der Waals surface area contributed by atoms with Crippen LogP contribution in [0.3, 0.4) is 0 Å². The fourth-order valence-corrected chi connectivity index (χ4v) is 1.79. The zero-order chi connectivity index (χ0) is 16.4. The highest BCUT2D eigenvalue weighted by Crippen LogP contribution is 2.28. The lowest BCUT2D eigenvalue weighted by Crippen LogP contribution is -2.35. The highest BCUT2D eigenvalue weighted by atomic mass is 16.5. The maximum absolute atomic E-state index is 12.1. The van der Waals surface area contributed by atoms with Gasteiger partial charge in [-0.15, -0.1) is 13.2 Å². The van der Waals surface area contributed by atoms with Crippen molar-refractivity contribution in [3.63, 3.8) is 0 Å². The molecule has 0 aromatic heterocycles. The van der Waals surface area contributed by atoms with Gasteiger partial charge in [-0.3, -0.25) is 4.79 Å². The van der Waals surface area contributed by atoms with Crippen LogP contribution in [0.2, 0.25) is 0 Å². The Bertz CT molecular complexity index is 566. The molecule has 5 heteroatoms. The molecule has 0 saturated carbocycles. The lowest BCUT2D eigenvalue weighted by atomic mass is 10.2. The van der Waals surface area contributed by atoms with Crippen LogP contribution in [0, 0.1) is 11.3 Å². The molecule has 0 bridgehead atoms. The molecular weight excluding hydrogens is 280 g/mol. The first-order valence-electron chi connectivity index (χ1n) is 6.95.